The van der Waals surface area contributed by atoms with Gasteiger partial charge in [0.25, 0.3) is 5.91 Å². The van der Waals surface area contributed by atoms with Gasteiger partial charge in [-0.25, -0.2) is 9.69 Å². The highest BCUT2D eigenvalue weighted by Crippen LogP contribution is 2.40. The molecule has 2 aliphatic heterocycles. The zero-order valence-corrected chi connectivity index (χ0v) is 17.3. The largest absolute Gasteiger partial charge is 0.497 e. The van der Waals surface area contributed by atoms with E-state index in [9.17, 15) is 19.5 Å². The molecular formula is C22H29N3O5. The number of nitrogens with zero attached hydrogens (tertiary/aromatic N) is 2. The number of likely N-dealkylation sites (tertiary alicyclic amines) is 1. The Morgan fingerprint density at radius 1 is 1.23 bits per heavy atom. The third-order valence-corrected chi connectivity index (χ3v) is 6.78. The normalized spacial score (nSPS) is 28.9. The summed E-state index contributed by atoms with van der Waals surface area (Å²) in [5.41, 5.74) is -0.150. The average molecular weight is 415 g/mol. The molecule has 1 aromatic rings. The second-order valence-electron chi connectivity index (χ2n) is 8.55. The van der Waals surface area contributed by atoms with Crippen LogP contribution in [0.15, 0.2) is 24.3 Å². The van der Waals surface area contributed by atoms with Crippen LogP contribution in [-0.4, -0.2) is 59.7 Å². The van der Waals surface area contributed by atoms with E-state index in [4.69, 9.17) is 4.74 Å². The summed E-state index contributed by atoms with van der Waals surface area (Å²) >= 11 is 0. The molecule has 0 aromatic heterocycles. The molecule has 8 nitrogen and oxygen atoms in total. The number of hydrogen-bond donors (Lipinski definition) is 2. The molecule has 4 amide bonds. The molecule has 0 spiro atoms. The van der Waals surface area contributed by atoms with Gasteiger partial charge in [0.2, 0.25) is 5.91 Å². The lowest BCUT2D eigenvalue weighted by Gasteiger charge is -2.47. The number of methoxy groups -OCH3 is 1. The summed E-state index contributed by atoms with van der Waals surface area (Å²) < 4.78 is 5.11. The molecule has 1 aliphatic carbocycles. The number of imide groups is 1. The molecule has 30 heavy (non-hydrogen) atoms. The van der Waals surface area contributed by atoms with Gasteiger partial charge < -0.3 is 20.1 Å². The quantitative estimate of drug-likeness (QED) is 0.717. The lowest BCUT2D eigenvalue weighted by molar-refractivity contribution is -0.143. The van der Waals surface area contributed by atoms with Gasteiger partial charge in [-0.05, 0) is 49.9 Å². The summed E-state index contributed by atoms with van der Waals surface area (Å²) in [6.07, 6.45) is 5.00. The van der Waals surface area contributed by atoms with Crippen molar-refractivity contribution in [1.29, 1.82) is 0 Å². The number of hydrogen-bond acceptors (Lipinski definition) is 5. The fourth-order valence-electron chi connectivity index (χ4n) is 4.93. The van der Waals surface area contributed by atoms with Crippen molar-refractivity contribution in [2.75, 3.05) is 25.1 Å². The smallest absolute Gasteiger partial charge is 0.329 e. The number of rotatable bonds is 5. The number of nitrogens with one attached hydrogen (secondary N) is 1. The van der Waals surface area contributed by atoms with Gasteiger partial charge in [-0.2, -0.15) is 0 Å². The second kappa shape index (κ2) is 8.26. The van der Waals surface area contributed by atoms with E-state index in [1.54, 1.807) is 31.4 Å². The Labute approximate surface area is 176 Å². The summed E-state index contributed by atoms with van der Waals surface area (Å²) in [5, 5.41) is 13.5. The molecule has 0 radical (unpaired) electrons. The molecule has 162 valence electrons. The Hall–Kier alpha value is -2.61. The Balaban J connectivity index is 1.33. The van der Waals surface area contributed by atoms with Crippen LogP contribution in [0.25, 0.3) is 0 Å². The average Bonchev–Trinajstić information content (AvgIpc) is 3.04. The van der Waals surface area contributed by atoms with Crippen LogP contribution in [0.4, 0.5) is 10.5 Å². The van der Waals surface area contributed by atoms with E-state index in [1.807, 2.05) is 4.90 Å². The number of benzene rings is 1. The van der Waals surface area contributed by atoms with Crippen LogP contribution in [0.1, 0.15) is 44.9 Å². The maximum atomic E-state index is 12.7. The highest BCUT2D eigenvalue weighted by molar-refractivity contribution is 6.21. The molecule has 1 saturated carbocycles. The van der Waals surface area contributed by atoms with Crippen LogP contribution >= 0.6 is 0 Å². The van der Waals surface area contributed by atoms with E-state index < -0.39 is 17.7 Å². The van der Waals surface area contributed by atoms with E-state index in [2.05, 4.69) is 5.32 Å². The number of anilines is 1. The van der Waals surface area contributed by atoms with Crippen LogP contribution in [0.5, 0.6) is 5.75 Å². The Morgan fingerprint density at radius 2 is 2.00 bits per heavy atom. The zero-order valence-electron chi connectivity index (χ0n) is 17.3. The molecule has 1 aromatic carbocycles. The lowest BCUT2D eigenvalue weighted by atomic mass is 9.71. The minimum Gasteiger partial charge on any atom is -0.497 e. The summed E-state index contributed by atoms with van der Waals surface area (Å²) in [6.45, 7) is 1.13. The first-order valence-electron chi connectivity index (χ1n) is 10.7. The summed E-state index contributed by atoms with van der Waals surface area (Å²) in [6, 6.07) is 5.50. The van der Waals surface area contributed by atoms with Gasteiger partial charge in [0.1, 0.15) is 11.8 Å². The van der Waals surface area contributed by atoms with Crippen molar-refractivity contribution in [3.8, 4) is 5.75 Å². The molecule has 2 saturated heterocycles. The molecule has 2 N–H and O–H groups in total. The summed E-state index contributed by atoms with van der Waals surface area (Å²) in [5.74, 6) is 0.410. The van der Waals surface area contributed by atoms with E-state index >= 15 is 0 Å². The van der Waals surface area contributed by atoms with Gasteiger partial charge in [0.15, 0.2) is 0 Å². The molecule has 0 bridgehead atoms. The van der Waals surface area contributed by atoms with Crippen molar-refractivity contribution in [2.45, 2.75) is 56.6 Å². The second-order valence-corrected chi connectivity index (χ2v) is 8.55. The number of carbonyl (C=O) groups excluding carboxylic acids is 3. The van der Waals surface area contributed by atoms with Crippen LogP contribution in [0.3, 0.4) is 0 Å². The maximum Gasteiger partial charge on any atom is 0.329 e. The van der Waals surface area contributed by atoms with Gasteiger partial charge in [-0.15, -0.1) is 0 Å². The van der Waals surface area contributed by atoms with Crippen molar-refractivity contribution in [1.82, 2.24) is 10.2 Å². The van der Waals surface area contributed by atoms with E-state index in [1.165, 1.54) is 0 Å². The summed E-state index contributed by atoms with van der Waals surface area (Å²) in [4.78, 5) is 40.7. The van der Waals surface area contributed by atoms with Gasteiger partial charge in [-0.3, -0.25) is 9.59 Å². The first kappa shape index (κ1) is 20.7. The number of piperidine rings is 1. The molecule has 8 heteroatoms. The van der Waals surface area contributed by atoms with Gasteiger partial charge >= 0.3 is 6.03 Å². The van der Waals surface area contributed by atoms with Crippen LogP contribution < -0.4 is 15.0 Å². The maximum absolute atomic E-state index is 12.7. The molecular weight excluding hydrogens is 386 g/mol. The molecule has 4 rings (SSSR count). The highest BCUT2D eigenvalue weighted by atomic mass is 16.5. The lowest BCUT2D eigenvalue weighted by Crippen LogP contribution is -2.54. The number of carbonyl (C=O) groups is 3. The minimum atomic E-state index is -0.708. The molecule has 3 aliphatic rings. The standard InChI is InChI=1S/C22H29N3O5/c1-30-17-7-5-16(6-8-17)25-20(27)18(23-21(25)28)9-10-19(26)24-13-12-22(29)11-3-2-4-15(22)14-24/h5-8,15,18,29H,2-4,9-14H2,1H3,(H,23,28)/t15-,18+,22-/m1/s1. The van der Waals surface area contributed by atoms with E-state index in [0.717, 1.165) is 30.6 Å². The number of amides is 4. The van der Waals surface area contributed by atoms with Gasteiger partial charge in [0.05, 0.1) is 18.4 Å². The highest BCUT2D eigenvalue weighted by Gasteiger charge is 2.44. The SMILES string of the molecule is COc1ccc(N2C(=O)N[C@@H](CCC(=O)N3CC[C@]4(O)CCCC[C@@H]4C3)C2=O)cc1. The molecule has 3 fully saturated rings. The number of ether oxygens (including phenoxy) is 1. The van der Waals surface area contributed by atoms with Crippen LogP contribution in [-0.2, 0) is 9.59 Å². The van der Waals surface area contributed by atoms with Crippen molar-refractivity contribution in [3.05, 3.63) is 24.3 Å². The van der Waals surface area contributed by atoms with Crippen molar-refractivity contribution < 1.29 is 24.2 Å². The van der Waals surface area contributed by atoms with Crippen molar-refractivity contribution in [2.24, 2.45) is 5.92 Å². The van der Waals surface area contributed by atoms with Crippen LogP contribution in [0.2, 0.25) is 0 Å². The third kappa shape index (κ3) is 3.88. The molecule has 2 heterocycles. The number of urea groups is 1. The van der Waals surface area contributed by atoms with Gasteiger partial charge in [0, 0.05) is 25.4 Å². The Morgan fingerprint density at radius 3 is 2.73 bits per heavy atom. The van der Waals surface area contributed by atoms with E-state index in [0.29, 0.717) is 30.9 Å². The van der Waals surface area contributed by atoms with Crippen molar-refractivity contribution >= 4 is 23.5 Å². The number of fused-ring (bicyclic) bond motifs is 1. The monoisotopic (exact) mass is 415 g/mol. The topological polar surface area (TPSA) is 99.2 Å². The first-order valence-corrected chi connectivity index (χ1v) is 10.7. The number of aliphatic hydroxyl groups is 1. The van der Waals surface area contributed by atoms with E-state index in [-0.39, 0.29) is 30.6 Å². The Kier molecular flexibility index (Phi) is 5.69. The zero-order chi connectivity index (χ0) is 21.3. The predicted octanol–water partition coefficient (Wildman–Crippen LogP) is 2.05. The molecule has 0 unspecified atom stereocenters. The molecule has 3 atom stereocenters. The van der Waals surface area contributed by atoms with Crippen LogP contribution in [0, 0.1) is 5.92 Å². The third-order valence-electron chi connectivity index (χ3n) is 6.78. The predicted molar refractivity (Wildman–Crippen MR) is 110 cm³/mol. The minimum absolute atomic E-state index is 0.0208. The fourth-order valence-corrected chi connectivity index (χ4v) is 4.93. The Bertz CT molecular complexity index is 827. The first-order chi connectivity index (χ1) is 14.4. The summed E-state index contributed by atoms with van der Waals surface area (Å²) in [7, 11) is 1.55. The fraction of sp³-hybridized carbons (Fsp3) is 0.591. The van der Waals surface area contributed by atoms with Crippen molar-refractivity contribution in [3.63, 3.8) is 0 Å². The van der Waals surface area contributed by atoms with Gasteiger partial charge in [-0.1, -0.05) is 12.8 Å².